The van der Waals surface area contributed by atoms with Crippen molar-refractivity contribution in [3.63, 3.8) is 0 Å². The summed E-state index contributed by atoms with van der Waals surface area (Å²) in [5.74, 6) is 9.47. The summed E-state index contributed by atoms with van der Waals surface area (Å²) in [7, 11) is 0. The molecule has 1 saturated carbocycles. The second-order valence-corrected chi connectivity index (χ2v) is 8.86. The third kappa shape index (κ3) is 4.06. The fourth-order valence-corrected chi connectivity index (χ4v) is 4.75. The van der Waals surface area contributed by atoms with Gasteiger partial charge in [0.05, 0.1) is 6.04 Å². The molecular weight excluding hydrogens is 418 g/mol. The molecular formula is C25H27N5O3. The summed E-state index contributed by atoms with van der Waals surface area (Å²) in [5.41, 5.74) is 8.53. The van der Waals surface area contributed by atoms with Crippen molar-refractivity contribution in [3.8, 4) is 23.2 Å². The minimum absolute atomic E-state index is 0.159. The van der Waals surface area contributed by atoms with Crippen LogP contribution in [0.25, 0.3) is 11.3 Å². The number of nitrogens with two attached hydrogens (primary N) is 1. The number of carbonyl (C=O) groups is 1. The van der Waals surface area contributed by atoms with Crippen LogP contribution in [0, 0.1) is 29.6 Å². The molecule has 1 aliphatic heterocycles. The lowest BCUT2D eigenvalue weighted by molar-refractivity contribution is -0.128. The molecule has 3 N–H and O–H groups in total. The van der Waals surface area contributed by atoms with Crippen molar-refractivity contribution < 1.29 is 14.4 Å². The van der Waals surface area contributed by atoms with Crippen molar-refractivity contribution in [3.05, 3.63) is 59.8 Å². The Morgan fingerprint density at radius 3 is 2.67 bits per heavy atom. The Hall–Kier alpha value is -3.41. The van der Waals surface area contributed by atoms with Crippen LogP contribution in [0.15, 0.2) is 47.2 Å². The van der Waals surface area contributed by atoms with E-state index in [1.165, 1.54) is 0 Å². The highest BCUT2D eigenvalue weighted by molar-refractivity contribution is 5.74. The molecule has 33 heavy (non-hydrogen) atoms. The van der Waals surface area contributed by atoms with E-state index in [0.717, 1.165) is 24.2 Å². The molecule has 8 nitrogen and oxygen atoms in total. The Balaban J connectivity index is 1.27. The van der Waals surface area contributed by atoms with E-state index in [4.69, 9.17) is 10.3 Å². The highest BCUT2D eigenvalue weighted by atomic mass is 16.5. The predicted molar refractivity (Wildman–Crippen MR) is 122 cm³/mol. The number of aliphatic hydroxyl groups is 1. The van der Waals surface area contributed by atoms with Gasteiger partial charge in [-0.05, 0) is 43.0 Å². The summed E-state index contributed by atoms with van der Waals surface area (Å²) in [6, 6.07) is 9.48. The summed E-state index contributed by atoms with van der Waals surface area (Å²) in [6.07, 6.45) is 2.71. The monoisotopic (exact) mass is 445 g/mol. The smallest absolute Gasteiger partial charge is 0.219 e. The van der Waals surface area contributed by atoms with Crippen molar-refractivity contribution >= 4 is 5.91 Å². The van der Waals surface area contributed by atoms with E-state index < -0.39 is 6.10 Å². The molecule has 1 saturated heterocycles. The van der Waals surface area contributed by atoms with E-state index >= 15 is 0 Å². The Morgan fingerprint density at radius 2 is 2.03 bits per heavy atom. The zero-order valence-electron chi connectivity index (χ0n) is 18.7. The SMILES string of the molecule is CC(=O)N1C[C@@H]2[C@H](C#Cc3ccc(-c4cc([C@@H](CN)n5ccnc5[C@H](C)O)no4)cc3)[C@@H]2C1. The summed E-state index contributed by atoms with van der Waals surface area (Å²) < 4.78 is 7.42. The lowest BCUT2D eigenvalue weighted by atomic mass is 10.1. The first-order valence-electron chi connectivity index (χ1n) is 11.2. The van der Waals surface area contributed by atoms with Gasteiger partial charge >= 0.3 is 0 Å². The first-order chi connectivity index (χ1) is 16.0. The zero-order chi connectivity index (χ0) is 23.1. The van der Waals surface area contributed by atoms with E-state index in [1.807, 2.05) is 39.8 Å². The number of fused-ring (bicyclic) bond motifs is 1. The molecule has 1 amide bonds. The molecule has 2 aliphatic rings. The van der Waals surface area contributed by atoms with E-state index in [1.54, 1.807) is 26.2 Å². The minimum atomic E-state index is -0.711. The number of piperidine rings is 1. The first kappa shape index (κ1) is 21.4. The molecule has 1 aromatic carbocycles. The van der Waals surface area contributed by atoms with Gasteiger partial charge in [-0.2, -0.15) is 0 Å². The summed E-state index contributed by atoms with van der Waals surface area (Å²) in [4.78, 5) is 17.6. The highest BCUT2D eigenvalue weighted by Gasteiger charge is 2.55. The molecule has 5 rings (SSSR count). The maximum Gasteiger partial charge on any atom is 0.219 e. The Bertz CT molecular complexity index is 1200. The van der Waals surface area contributed by atoms with Crippen LogP contribution in [0.4, 0.5) is 0 Å². The molecule has 5 atom stereocenters. The van der Waals surface area contributed by atoms with Gasteiger partial charge < -0.3 is 24.8 Å². The third-order valence-electron chi connectivity index (χ3n) is 6.69. The maximum absolute atomic E-state index is 11.5. The molecule has 2 fully saturated rings. The van der Waals surface area contributed by atoms with Crippen molar-refractivity contribution in [1.82, 2.24) is 19.6 Å². The number of benzene rings is 1. The fraction of sp³-hybridized carbons (Fsp3) is 0.400. The van der Waals surface area contributed by atoms with E-state index in [9.17, 15) is 9.90 Å². The van der Waals surface area contributed by atoms with Crippen LogP contribution in [0.5, 0.6) is 0 Å². The fourth-order valence-electron chi connectivity index (χ4n) is 4.75. The molecule has 2 aromatic heterocycles. The molecule has 170 valence electrons. The topological polar surface area (TPSA) is 110 Å². The zero-order valence-corrected chi connectivity index (χ0v) is 18.7. The van der Waals surface area contributed by atoms with Crippen molar-refractivity contribution in [1.29, 1.82) is 0 Å². The van der Waals surface area contributed by atoms with Gasteiger partial charge in [-0.25, -0.2) is 4.98 Å². The quantitative estimate of drug-likeness (QED) is 0.583. The van der Waals surface area contributed by atoms with Crippen molar-refractivity contribution in [2.75, 3.05) is 19.6 Å². The third-order valence-corrected chi connectivity index (χ3v) is 6.69. The average molecular weight is 446 g/mol. The molecule has 0 bridgehead atoms. The number of imidazole rings is 1. The lowest BCUT2D eigenvalue weighted by Gasteiger charge is -2.17. The molecule has 3 heterocycles. The van der Waals surface area contributed by atoms with Crippen molar-refractivity contribution in [2.45, 2.75) is 26.0 Å². The average Bonchev–Trinajstić information content (AvgIpc) is 3.32. The van der Waals surface area contributed by atoms with Crippen LogP contribution in [0.3, 0.4) is 0 Å². The summed E-state index contributed by atoms with van der Waals surface area (Å²) >= 11 is 0. The number of amides is 1. The number of hydrogen-bond acceptors (Lipinski definition) is 6. The maximum atomic E-state index is 11.5. The van der Waals surface area contributed by atoms with E-state index in [0.29, 0.717) is 41.6 Å². The highest BCUT2D eigenvalue weighted by Crippen LogP contribution is 2.51. The number of rotatable bonds is 5. The number of nitrogens with zero attached hydrogens (tertiary/aromatic N) is 4. The molecule has 8 heteroatoms. The largest absolute Gasteiger partial charge is 0.385 e. The first-order valence-corrected chi connectivity index (χ1v) is 11.2. The van der Waals surface area contributed by atoms with Crippen LogP contribution in [0.2, 0.25) is 0 Å². The lowest BCUT2D eigenvalue weighted by Crippen LogP contribution is -2.28. The van der Waals surface area contributed by atoms with Gasteiger partial charge in [-0.3, -0.25) is 4.79 Å². The second-order valence-electron chi connectivity index (χ2n) is 8.86. The molecule has 0 spiro atoms. The number of likely N-dealkylation sites (tertiary alicyclic amines) is 1. The Kier molecular flexibility index (Phi) is 5.52. The van der Waals surface area contributed by atoms with Crippen LogP contribution in [-0.4, -0.2) is 50.3 Å². The normalized spacial score (nSPS) is 22.9. The Labute approximate surface area is 192 Å². The van der Waals surface area contributed by atoms with Crippen LogP contribution in [0.1, 0.15) is 43.1 Å². The number of carbonyl (C=O) groups excluding carboxylic acids is 1. The molecule has 0 radical (unpaired) electrons. The predicted octanol–water partition coefficient (Wildman–Crippen LogP) is 2.22. The second kappa shape index (κ2) is 8.50. The Morgan fingerprint density at radius 1 is 1.30 bits per heavy atom. The van der Waals surface area contributed by atoms with Gasteiger partial charge in [-0.15, -0.1) is 0 Å². The number of aliphatic hydroxyl groups excluding tert-OH is 1. The van der Waals surface area contributed by atoms with Crippen LogP contribution in [-0.2, 0) is 4.79 Å². The molecule has 3 aromatic rings. The summed E-state index contributed by atoms with van der Waals surface area (Å²) in [5, 5.41) is 14.2. The van der Waals surface area contributed by atoms with Gasteiger partial charge in [0, 0.05) is 62.1 Å². The van der Waals surface area contributed by atoms with Gasteiger partial charge in [-0.1, -0.05) is 17.0 Å². The standard InChI is InChI=1S/C25H27N5O3/c1-15(31)25-27-9-10-30(25)23(12-26)22-11-24(33-28-22)18-6-3-17(4-7-18)5-8-19-20-13-29(16(2)32)14-21(19)20/h3-4,6-7,9-11,15,19-21,23,31H,12-14,26H2,1-2H3/t15-,19-,20+,21-,23+/m0/s1. The number of hydrogen-bond donors (Lipinski definition) is 2. The summed E-state index contributed by atoms with van der Waals surface area (Å²) in [6.45, 7) is 5.28. The van der Waals surface area contributed by atoms with Crippen LogP contribution < -0.4 is 5.73 Å². The van der Waals surface area contributed by atoms with E-state index in [-0.39, 0.29) is 11.9 Å². The van der Waals surface area contributed by atoms with Gasteiger partial charge in [0.25, 0.3) is 0 Å². The minimum Gasteiger partial charge on any atom is -0.385 e. The van der Waals surface area contributed by atoms with Crippen molar-refractivity contribution in [2.24, 2.45) is 23.5 Å². The van der Waals surface area contributed by atoms with Gasteiger partial charge in [0.15, 0.2) is 5.76 Å². The van der Waals surface area contributed by atoms with Gasteiger partial charge in [0.2, 0.25) is 5.91 Å². The molecule has 1 aliphatic carbocycles. The van der Waals surface area contributed by atoms with Gasteiger partial charge in [0.1, 0.15) is 17.6 Å². The molecule has 0 unspecified atom stereocenters. The van der Waals surface area contributed by atoms with E-state index in [2.05, 4.69) is 22.0 Å². The number of aromatic nitrogens is 3. The van der Waals surface area contributed by atoms with Crippen LogP contribution >= 0.6 is 0 Å².